The highest BCUT2D eigenvalue weighted by atomic mass is 35.5. The van der Waals surface area contributed by atoms with E-state index in [0.29, 0.717) is 10.4 Å². The van der Waals surface area contributed by atoms with Crippen LogP contribution in [0.1, 0.15) is 27.6 Å². The molecule has 0 aliphatic rings. The van der Waals surface area contributed by atoms with Crippen molar-refractivity contribution in [3.05, 3.63) is 70.4 Å². The van der Waals surface area contributed by atoms with E-state index in [4.69, 9.17) is 11.6 Å². The molecule has 0 spiro atoms. The summed E-state index contributed by atoms with van der Waals surface area (Å²) in [5, 5.41) is 16.6. The van der Waals surface area contributed by atoms with Crippen LogP contribution in [0.3, 0.4) is 0 Å². The minimum absolute atomic E-state index is 0.0241. The van der Waals surface area contributed by atoms with E-state index < -0.39 is 27.9 Å². The van der Waals surface area contributed by atoms with E-state index in [9.17, 15) is 26.4 Å². The summed E-state index contributed by atoms with van der Waals surface area (Å²) < 4.78 is 66.8. The number of tetrazole rings is 1. The third-order valence-corrected chi connectivity index (χ3v) is 6.73. The fraction of sp³-hybridized carbons (Fsp3) is 0.200. The minimum Gasteiger partial charge on any atom is -0.319 e. The third-order valence-electron chi connectivity index (χ3n) is 4.97. The van der Waals surface area contributed by atoms with Crippen LogP contribution in [-0.4, -0.2) is 56.3 Å². The normalized spacial score (nSPS) is 12.1. The van der Waals surface area contributed by atoms with Gasteiger partial charge >= 0.3 is 6.18 Å². The number of alkyl halides is 3. The third kappa shape index (κ3) is 5.45. The highest BCUT2D eigenvalue weighted by Crippen LogP contribution is 2.27. The molecule has 12 nitrogen and oxygen atoms in total. The van der Waals surface area contributed by atoms with Crippen LogP contribution in [0, 0.1) is 6.92 Å². The number of amides is 1. The van der Waals surface area contributed by atoms with E-state index in [2.05, 4.69) is 35.5 Å². The number of nitrogens with zero attached hydrogens (tertiary/aromatic N) is 7. The maximum Gasteiger partial charge on any atom is 0.455 e. The van der Waals surface area contributed by atoms with Gasteiger partial charge in [-0.15, -0.1) is 10.2 Å². The van der Waals surface area contributed by atoms with Crippen LogP contribution in [0.2, 0.25) is 5.02 Å². The molecule has 4 aromatic rings. The number of para-hydroxylation sites is 1. The Kier molecular flexibility index (Phi) is 6.98. The van der Waals surface area contributed by atoms with E-state index in [-0.39, 0.29) is 39.4 Å². The molecule has 0 aliphatic heterocycles. The Labute approximate surface area is 212 Å². The second-order valence-electron chi connectivity index (χ2n) is 7.49. The van der Waals surface area contributed by atoms with Gasteiger partial charge in [-0.1, -0.05) is 23.7 Å². The quantitative estimate of drug-likeness (QED) is 0.353. The molecule has 1 aromatic carbocycles. The molecular formula is C20H17ClF3N9O3S. The van der Waals surface area contributed by atoms with Gasteiger partial charge in [-0.3, -0.25) is 4.79 Å². The molecule has 1 amide bonds. The molecule has 3 heterocycles. The van der Waals surface area contributed by atoms with E-state index in [0.717, 1.165) is 4.68 Å². The molecule has 0 saturated carbocycles. The number of aryl methyl sites for hydroxylation is 1. The number of hydrogen-bond donors (Lipinski definition) is 2. The minimum atomic E-state index is -4.79. The van der Waals surface area contributed by atoms with Crippen LogP contribution in [0.25, 0.3) is 5.82 Å². The van der Waals surface area contributed by atoms with Gasteiger partial charge in [0.1, 0.15) is 17.1 Å². The molecule has 2 N–H and O–H groups in total. The van der Waals surface area contributed by atoms with Crippen molar-refractivity contribution in [1.82, 2.24) is 39.7 Å². The molecule has 3 aromatic heterocycles. The monoisotopic (exact) mass is 555 g/mol. The molecule has 37 heavy (non-hydrogen) atoms. The van der Waals surface area contributed by atoms with Gasteiger partial charge in [0.15, 0.2) is 5.82 Å². The number of sulfonamides is 1. The summed E-state index contributed by atoms with van der Waals surface area (Å²) in [4.78, 5) is 18.0. The Bertz CT molecular complexity index is 1590. The van der Waals surface area contributed by atoms with Gasteiger partial charge in [-0.2, -0.15) is 23.1 Å². The van der Waals surface area contributed by atoms with Crippen molar-refractivity contribution in [2.45, 2.75) is 24.5 Å². The molecule has 0 aliphatic carbocycles. The Morgan fingerprint density at radius 1 is 1.16 bits per heavy atom. The van der Waals surface area contributed by atoms with Crippen LogP contribution in [0.4, 0.5) is 18.9 Å². The average Bonchev–Trinajstić information content (AvgIpc) is 3.48. The van der Waals surface area contributed by atoms with Gasteiger partial charge in [0.25, 0.3) is 11.7 Å². The molecule has 0 unspecified atom stereocenters. The maximum absolute atomic E-state index is 13.4. The van der Waals surface area contributed by atoms with Crippen LogP contribution < -0.4 is 10.0 Å². The predicted molar refractivity (Wildman–Crippen MR) is 124 cm³/mol. The first-order valence-electron chi connectivity index (χ1n) is 10.3. The predicted octanol–water partition coefficient (Wildman–Crippen LogP) is 2.44. The molecule has 194 valence electrons. The average molecular weight is 556 g/mol. The lowest BCUT2D eigenvalue weighted by molar-refractivity contribution is -0.145. The van der Waals surface area contributed by atoms with Crippen LogP contribution >= 0.6 is 11.6 Å². The zero-order valence-electron chi connectivity index (χ0n) is 19.0. The summed E-state index contributed by atoms with van der Waals surface area (Å²) in [5.41, 5.74) is 0.419. The number of pyridine rings is 1. The van der Waals surface area contributed by atoms with Gasteiger partial charge in [0.05, 0.1) is 16.4 Å². The topological polar surface area (TPSA) is 150 Å². The number of anilines is 1. The fourth-order valence-electron chi connectivity index (χ4n) is 3.24. The van der Waals surface area contributed by atoms with Crippen molar-refractivity contribution >= 4 is 33.2 Å². The molecule has 0 fully saturated rings. The van der Waals surface area contributed by atoms with Gasteiger partial charge in [0.2, 0.25) is 10.0 Å². The molecule has 0 atom stereocenters. The Hall–Kier alpha value is -3.89. The summed E-state index contributed by atoms with van der Waals surface area (Å²) in [6.07, 6.45) is -3.39. The highest BCUT2D eigenvalue weighted by molar-refractivity contribution is 7.89. The Morgan fingerprint density at radius 2 is 1.92 bits per heavy atom. The van der Waals surface area contributed by atoms with Crippen LogP contribution in [-0.2, 0) is 22.7 Å². The van der Waals surface area contributed by atoms with Crippen molar-refractivity contribution in [3.63, 3.8) is 0 Å². The SMILES string of the molecule is CNS(=O)(=O)c1cccc(C)c1NC(=O)c1cc(Cn2nnc(C(F)(F)F)n2)nn1-c1ncccc1Cl. The lowest BCUT2D eigenvalue weighted by Crippen LogP contribution is -2.23. The van der Waals surface area contributed by atoms with Crippen molar-refractivity contribution in [1.29, 1.82) is 0 Å². The molecule has 17 heteroatoms. The van der Waals surface area contributed by atoms with Gasteiger partial charge in [-0.05, 0) is 49.0 Å². The lowest BCUT2D eigenvalue weighted by Gasteiger charge is -2.14. The maximum atomic E-state index is 13.4. The number of carbonyl (C=O) groups is 1. The lowest BCUT2D eigenvalue weighted by atomic mass is 10.2. The summed E-state index contributed by atoms with van der Waals surface area (Å²) in [6, 6.07) is 8.77. The van der Waals surface area contributed by atoms with Crippen LogP contribution in [0.15, 0.2) is 47.5 Å². The summed E-state index contributed by atoms with van der Waals surface area (Å²) in [6.45, 7) is 1.24. The molecule has 0 bridgehead atoms. The summed E-state index contributed by atoms with van der Waals surface area (Å²) in [7, 11) is -2.70. The zero-order valence-corrected chi connectivity index (χ0v) is 20.6. The number of benzene rings is 1. The van der Waals surface area contributed by atoms with Crippen LogP contribution in [0.5, 0.6) is 0 Å². The second kappa shape index (κ2) is 9.87. The van der Waals surface area contributed by atoms with Crippen molar-refractivity contribution in [2.24, 2.45) is 0 Å². The summed E-state index contributed by atoms with van der Waals surface area (Å²) in [5.74, 6) is -2.17. The van der Waals surface area contributed by atoms with E-state index in [1.54, 1.807) is 19.1 Å². The molecule has 0 radical (unpaired) electrons. The highest BCUT2D eigenvalue weighted by Gasteiger charge is 2.37. The van der Waals surface area contributed by atoms with Crippen molar-refractivity contribution < 1.29 is 26.4 Å². The Morgan fingerprint density at radius 3 is 2.57 bits per heavy atom. The number of hydrogen-bond acceptors (Lipinski definition) is 8. The smallest absolute Gasteiger partial charge is 0.319 e. The first-order valence-corrected chi connectivity index (χ1v) is 12.2. The largest absolute Gasteiger partial charge is 0.455 e. The Balaban J connectivity index is 1.76. The standard InChI is InChI=1S/C20H17ClF3N9O3S/c1-11-5-3-7-15(37(35,36)25-2)16(11)27-18(34)14-9-12(10-32-30-19(28-31-32)20(22,23)24)29-33(14)17-13(21)6-4-8-26-17/h3-9,25H,10H2,1-2H3,(H,27,34). The number of carbonyl (C=O) groups excluding carboxylic acids is 1. The van der Waals surface area contributed by atoms with Gasteiger partial charge in [0, 0.05) is 6.20 Å². The fourth-order valence-corrected chi connectivity index (χ4v) is 4.40. The molecular weight excluding hydrogens is 539 g/mol. The van der Waals surface area contributed by atoms with E-state index in [1.165, 1.54) is 37.5 Å². The van der Waals surface area contributed by atoms with E-state index in [1.807, 2.05) is 0 Å². The van der Waals surface area contributed by atoms with Crippen molar-refractivity contribution in [3.8, 4) is 5.82 Å². The summed E-state index contributed by atoms with van der Waals surface area (Å²) >= 11 is 6.24. The number of halogens is 4. The van der Waals surface area contributed by atoms with Crippen molar-refractivity contribution in [2.75, 3.05) is 12.4 Å². The first kappa shape index (κ1) is 26.2. The van der Waals surface area contributed by atoms with E-state index >= 15 is 0 Å². The number of rotatable bonds is 7. The van der Waals surface area contributed by atoms with Gasteiger partial charge in [-0.25, -0.2) is 22.8 Å². The molecule has 0 saturated heterocycles. The first-order chi connectivity index (χ1) is 17.4. The zero-order chi connectivity index (χ0) is 27.0. The van der Waals surface area contributed by atoms with Gasteiger partial charge < -0.3 is 5.32 Å². The molecule has 4 rings (SSSR count). The second-order valence-corrected chi connectivity index (χ2v) is 9.75. The number of nitrogens with one attached hydrogen (secondary N) is 2. The number of aromatic nitrogens is 7.